The molecule has 0 unspecified atom stereocenters. The fourth-order valence-corrected chi connectivity index (χ4v) is 6.74. The van der Waals surface area contributed by atoms with Crippen LogP contribution in [0.3, 0.4) is 0 Å². The highest BCUT2D eigenvalue weighted by Gasteiger charge is 2.42. The Balaban J connectivity index is 1.59. The molecule has 0 spiro atoms. The van der Waals surface area contributed by atoms with Crippen LogP contribution in [0, 0.1) is 5.92 Å². The summed E-state index contributed by atoms with van der Waals surface area (Å²) < 4.78 is 5.74. The van der Waals surface area contributed by atoms with Crippen molar-refractivity contribution in [1.82, 2.24) is 0 Å². The van der Waals surface area contributed by atoms with Gasteiger partial charge in [0.25, 0.3) is 0 Å². The van der Waals surface area contributed by atoms with Crippen molar-refractivity contribution >= 4 is 29.2 Å². The van der Waals surface area contributed by atoms with E-state index in [1.807, 2.05) is 23.5 Å². The van der Waals surface area contributed by atoms with Crippen molar-refractivity contribution in [2.75, 3.05) is 18.6 Å². The third kappa shape index (κ3) is 4.34. The van der Waals surface area contributed by atoms with Gasteiger partial charge >= 0.3 is 0 Å². The molecule has 1 heterocycles. The molecule has 1 aliphatic rings. The second kappa shape index (κ2) is 8.97. The van der Waals surface area contributed by atoms with Crippen LogP contribution < -0.4 is 9.64 Å². The summed E-state index contributed by atoms with van der Waals surface area (Å²) >= 11 is 3.95. The minimum atomic E-state index is 0.413. The van der Waals surface area contributed by atoms with Gasteiger partial charge in [0.1, 0.15) is 5.75 Å². The van der Waals surface area contributed by atoms with E-state index in [4.69, 9.17) is 4.74 Å². The van der Waals surface area contributed by atoms with Gasteiger partial charge in [-0.05, 0) is 54.4 Å². The summed E-state index contributed by atoms with van der Waals surface area (Å²) in [5.41, 5.74) is 1.27. The normalized spacial score (nSPS) is 18.8. The first kappa shape index (κ1) is 19.3. The van der Waals surface area contributed by atoms with Gasteiger partial charge in [-0.25, -0.2) is 0 Å². The predicted octanol–water partition coefficient (Wildman–Crippen LogP) is 6.43. The molecule has 1 fully saturated rings. The van der Waals surface area contributed by atoms with Crippen LogP contribution in [-0.2, 0) is 0 Å². The molecule has 0 radical (unpaired) electrons. The monoisotopic (exact) mass is 407 g/mol. The van der Waals surface area contributed by atoms with Crippen LogP contribution in [0.25, 0.3) is 0 Å². The molecule has 28 heavy (non-hydrogen) atoms. The molecule has 144 valence electrons. The molecule has 3 aromatic rings. The molecular formula is C24H25NOS2. The number of methoxy groups -OCH3 is 1. The topological polar surface area (TPSA) is 12.5 Å². The average molecular weight is 408 g/mol. The third-order valence-electron chi connectivity index (χ3n) is 5.10. The van der Waals surface area contributed by atoms with Gasteiger partial charge in [0.15, 0.2) is 0 Å². The quantitative estimate of drug-likeness (QED) is 0.330. The number of ether oxygens (including phenoxy) is 1. The van der Waals surface area contributed by atoms with Crippen molar-refractivity contribution in [3.63, 3.8) is 0 Å². The molecular weight excluding hydrogens is 382 g/mol. The van der Waals surface area contributed by atoms with Gasteiger partial charge in [0, 0.05) is 22.0 Å². The maximum absolute atomic E-state index is 5.33. The van der Waals surface area contributed by atoms with E-state index < -0.39 is 0 Å². The standard InChI is InChI=1S/C24H25NOS2/c1-18-17-25(19-13-15-20(26-2)16-14-19)23(18)24(27-21-9-5-3-6-10-21)28-22-11-7-4-8-12-22/h3-16,18,23-24H,17H2,1-2H3/t18-,23+/m0/s1. The second-order valence-electron chi connectivity index (χ2n) is 7.05. The molecule has 4 heteroatoms. The third-order valence-corrected chi connectivity index (χ3v) is 7.79. The highest BCUT2D eigenvalue weighted by atomic mass is 32.2. The Morgan fingerprint density at radius 1 is 0.821 bits per heavy atom. The van der Waals surface area contributed by atoms with Crippen molar-refractivity contribution in [3.05, 3.63) is 84.9 Å². The zero-order valence-electron chi connectivity index (χ0n) is 16.2. The average Bonchev–Trinajstić information content (AvgIpc) is 2.73. The lowest BCUT2D eigenvalue weighted by molar-refractivity contribution is 0.336. The number of benzene rings is 3. The molecule has 2 nitrogen and oxygen atoms in total. The Bertz CT molecular complexity index is 829. The van der Waals surface area contributed by atoms with Crippen molar-refractivity contribution in [2.24, 2.45) is 5.92 Å². The SMILES string of the molecule is COc1ccc(N2C[C@H](C)[C@@H]2C(Sc2ccccc2)Sc2ccccc2)cc1. The Hall–Kier alpha value is -2.04. The van der Waals surface area contributed by atoms with Gasteiger partial charge in [0.2, 0.25) is 0 Å². The van der Waals surface area contributed by atoms with Crippen LogP contribution in [-0.4, -0.2) is 24.3 Å². The van der Waals surface area contributed by atoms with E-state index in [0.717, 1.165) is 12.3 Å². The summed E-state index contributed by atoms with van der Waals surface area (Å²) in [4.78, 5) is 5.19. The lowest BCUT2D eigenvalue weighted by Crippen LogP contribution is -2.59. The van der Waals surface area contributed by atoms with Crippen molar-refractivity contribution < 1.29 is 4.74 Å². The lowest BCUT2D eigenvalue weighted by Gasteiger charge is -2.51. The first-order valence-corrected chi connectivity index (χ1v) is 11.3. The fraction of sp³-hybridized carbons (Fsp3) is 0.250. The van der Waals surface area contributed by atoms with Crippen LogP contribution in [0.2, 0.25) is 0 Å². The van der Waals surface area contributed by atoms with E-state index in [0.29, 0.717) is 16.5 Å². The van der Waals surface area contributed by atoms with Crippen molar-refractivity contribution in [2.45, 2.75) is 27.3 Å². The Labute approximate surface area is 176 Å². The first-order valence-electron chi connectivity index (χ1n) is 9.59. The Morgan fingerprint density at radius 3 is 1.82 bits per heavy atom. The van der Waals surface area contributed by atoms with E-state index in [2.05, 4.69) is 96.8 Å². The summed E-state index contributed by atoms with van der Waals surface area (Å²) in [5, 5.41) is 0. The highest BCUT2D eigenvalue weighted by Crippen LogP contribution is 2.46. The van der Waals surface area contributed by atoms with Gasteiger partial charge < -0.3 is 9.64 Å². The zero-order valence-corrected chi connectivity index (χ0v) is 17.8. The summed E-state index contributed by atoms with van der Waals surface area (Å²) in [5.74, 6) is 1.56. The van der Waals surface area contributed by atoms with Crippen LogP contribution >= 0.6 is 23.5 Å². The maximum Gasteiger partial charge on any atom is 0.119 e. The minimum absolute atomic E-state index is 0.413. The van der Waals surface area contributed by atoms with E-state index in [9.17, 15) is 0 Å². The van der Waals surface area contributed by atoms with Gasteiger partial charge in [-0.2, -0.15) is 0 Å². The molecule has 3 aromatic carbocycles. The van der Waals surface area contributed by atoms with Gasteiger partial charge in [0.05, 0.1) is 17.7 Å². The fourth-order valence-electron chi connectivity index (χ4n) is 3.61. The number of anilines is 1. The molecule has 1 aliphatic heterocycles. The molecule has 0 aromatic heterocycles. The number of nitrogens with zero attached hydrogens (tertiary/aromatic N) is 1. The van der Waals surface area contributed by atoms with Crippen molar-refractivity contribution in [3.8, 4) is 5.75 Å². The molecule has 1 saturated heterocycles. The van der Waals surface area contributed by atoms with Gasteiger partial charge in [-0.3, -0.25) is 0 Å². The van der Waals surface area contributed by atoms with E-state index in [1.165, 1.54) is 15.5 Å². The number of hydrogen-bond acceptors (Lipinski definition) is 4. The zero-order chi connectivity index (χ0) is 19.3. The van der Waals surface area contributed by atoms with Crippen LogP contribution in [0.1, 0.15) is 6.92 Å². The molecule has 4 rings (SSSR count). The van der Waals surface area contributed by atoms with Crippen LogP contribution in [0.15, 0.2) is 94.7 Å². The highest BCUT2D eigenvalue weighted by molar-refractivity contribution is 8.17. The Kier molecular flexibility index (Phi) is 6.18. The molecule has 0 aliphatic carbocycles. The lowest BCUT2D eigenvalue weighted by atomic mass is 9.91. The first-order chi connectivity index (χ1) is 13.7. The van der Waals surface area contributed by atoms with E-state index in [1.54, 1.807) is 7.11 Å². The van der Waals surface area contributed by atoms with Crippen LogP contribution in [0.5, 0.6) is 5.75 Å². The number of rotatable bonds is 7. The van der Waals surface area contributed by atoms with Gasteiger partial charge in [-0.15, -0.1) is 23.5 Å². The second-order valence-corrected chi connectivity index (χ2v) is 9.78. The van der Waals surface area contributed by atoms with E-state index >= 15 is 0 Å². The van der Waals surface area contributed by atoms with Crippen LogP contribution in [0.4, 0.5) is 5.69 Å². The summed E-state index contributed by atoms with van der Waals surface area (Å²) in [6, 6.07) is 30.4. The molecule has 0 bridgehead atoms. The molecule has 0 saturated carbocycles. The number of hydrogen-bond donors (Lipinski definition) is 0. The largest absolute Gasteiger partial charge is 0.497 e. The maximum atomic E-state index is 5.33. The minimum Gasteiger partial charge on any atom is -0.497 e. The number of thioether (sulfide) groups is 2. The Morgan fingerprint density at radius 2 is 1.36 bits per heavy atom. The van der Waals surface area contributed by atoms with Crippen molar-refractivity contribution in [1.29, 1.82) is 0 Å². The predicted molar refractivity (Wildman–Crippen MR) is 122 cm³/mol. The summed E-state index contributed by atoms with van der Waals surface area (Å²) in [6.45, 7) is 3.47. The summed E-state index contributed by atoms with van der Waals surface area (Å²) in [6.07, 6.45) is 0. The summed E-state index contributed by atoms with van der Waals surface area (Å²) in [7, 11) is 1.71. The molecule has 0 amide bonds. The van der Waals surface area contributed by atoms with Gasteiger partial charge in [-0.1, -0.05) is 43.3 Å². The van der Waals surface area contributed by atoms with E-state index in [-0.39, 0.29) is 0 Å². The molecule has 0 N–H and O–H groups in total. The molecule has 2 atom stereocenters. The smallest absolute Gasteiger partial charge is 0.119 e.